The Balaban J connectivity index is 2.05. The molecule has 1 aliphatic heterocycles. The summed E-state index contributed by atoms with van der Waals surface area (Å²) in [7, 11) is -3.63. The van der Waals surface area contributed by atoms with Gasteiger partial charge in [0.25, 0.3) is 0 Å². The van der Waals surface area contributed by atoms with Crippen LogP contribution >= 0.6 is 0 Å². The van der Waals surface area contributed by atoms with E-state index in [1.54, 1.807) is 0 Å². The first-order valence-electron chi connectivity index (χ1n) is 5.87. The Morgan fingerprint density at radius 2 is 2.16 bits per heavy atom. The fourth-order valence-corrected chi connectivity index (χ4v) is 2.88. The van der Waals surface area contributed by atoms with Crippen LogP contribution in [0.1, 0.15) is 19.8 Å². The molecule has 19 heavy (non-hydrogen) atoms. The van der Waals surface area contributed by atoms with E-state index in [1.165, 1.54) is 12.4 Å². The monoisotopic (exact) mass is 287 g/mol. The second-order valence-corrected chi connectivity index (χ2v) is 6.38. The summed E-state index contributed by atoms with van der Waals surface area (Å²) in [6.07, 6.45) is 4.17. The summed E-state index contributed by atoms with van der Waals surface area (Å²) in [6, 6.07) is 0. The summed E-state index contributed by atoms with van der Waals surface area (Å²) < 4.78 is 32.1. The number of nitrogens with one attached hydrogen (secondary N) is 2. The number of nitrogens with zero attached hydrogens (tertiary/aromatic N) is 2. The fraction of sp³-hybridized carbons (Fsp3) is 0.600. The Hall–Kier alpha value is -1.29. The minimum atomic E-state index is -3.63. The van der Waals surface area contributed by atoms with Gasteiger partial charge in [0.05, 0.1) is 18.0 Å². The van der Waals surface area contributed by atoms with Gasteiger partial charge in [-0.15, -0.1) is 0 Å². The third-order valence-electron chi connectivity index (χ3n) is 3.00. The molecule has 106 valence electrons. The molecule has 1 unspecified atom stereocenters. The van der Waals surface area contributed by atoms with Crippen LogP contribution in [0, 0.1) is 0 Å². The van der Waals surface area contributed by atoms with Gasteiger partial charge in [-0.25, -0.2) is 29.0 Å². The molecule has 1 saturated heterocycles. The number of ether oxygens (including phenoxy) is 1. The molecule has 0 radical (unpaired) electrons. The average Bonchev–Trinajstić information content (AvgIpc) is 2.84. The summed E-state index contributed by atoms with van der Waals surface area (Å²) in [6.45, 7) is 2.78. The predicted octanol–water partition coefficient (Wildman–Crippen LogP) is -0.390. The van der Waals surface area contributed by atoms with Gasteiger partial charge in [-0.3, -0.25) is 5.43 Å². The van der Waals surface area contributed by atoms with Crippen molar-refractivity contribution in [2.24, 2.45) is 5.84 Å². The van der Waals surface area contributed by atoms with Crippen LogP contribution in [-0.2, 0) is 14.8 Å². The topological polar surface area (TPSA) is 119 Å². The third kappa shape index (κ3) is 3.38. The van der Waals surface area contributed by atoms with Gasteiger partial charge in [-0.05, 0) is 19.8 Å². The van der Waals surface area contributed by atoms with Crippen molar-refractivity contribution < 1.29 is 13.2 Å². The van der Waals surface area contributed by atoms with E-state index in [1.807, 2.05) is 6.92 Å². The zero-order chi connectivity index (χ0) is 13.9. The molecule has 4 N–H and O–H groups in total. The molecule has 2 rings (SSSR count). The number of anilines is 1. The van der Waals surface area contributed by atoms with E-state index in [-0.39, 0.29) is 17.4 Å². The molecule has 1 atom stereocenters. The van der Waals surface area contributed by atoms with Crippen LogP contribution in [0.25, 0.3) is 0 Å². The van der Waals surface area contributed by atoms with Crippen LogP contribution in [0.4, 0.5) is 5.95 Å². The van der Waals surface area contributed by atoms with Crippen LogP contribution in [0.15, 0.2) is 17.3 Å². The van der Waals surface area contributed by atoms with Crippen molar-refractivity contribution in [2.75, 3.05) is 18.6 Å². The van der Waals surface area contributed by atoms with Crippen molar-refractivity contribution >= 4 is 16.0 Å². The lowest BCUT2D eigenvalue weighted by Gasteiger charge is -2.23. The van der Waals surface area contributed by atoms with E-state index < -0.39 is 15.6 Å². The smallest absolute Gasteiger partial charge is 0.243 e. The predicted molar refractivity (Wildman–Crippen MR) is 68.6 cm³/mol. The Morgan fingerprint density at radius 1 is 1.47 bits per heavy atom. The van der Waals surface area contributed by atoms with Crippen molar-refractivity contribution in [3.63, 3.8) is 0 Å². The minimum absolute atomic E-state index is 0.00639. The van der Waals surface area contributed by atoms with Gasteiger partial charge >= 0.3 is 0 Å². The molecule has 8 nitrogen and oxygen atoms in total. The second-order valence-electron chi connectivity index (χ2n) is 4.61. The number of hydrogen-bond acceptors (Lipinski definition) is 7. The van der Waals surface area contributed by atoms with Crippen LogP contribution in [0.2, 0.25) is 0 Å². The van der Waals surface area contributed by atoms with Gasteiger partial charge in [0.2, 0.25) is 16.0 Å². The van der Waals surface area contributed by atoms with E-state index in [9.17, 15) is 8.42 Å². The zero-order valence-electron chi connectivity index (χ0n) is 10.6. The molecule has 0 bridgehead atoms. The highest BCUT2D eigenvalue weighted by atomic mass is 32.2. The van der Waals surface area contributed by atoms with Crippen LogP contribution in [0.5, 0.6) is 0 Å². The highest BCUT2D eigenvalue weighted by molar-refractivity contribution is 7.89. The van der Waals surface area contributed by atoms with Gasteiger partial charge in [0, 0.05) is 13.2 Å². The molecule has 1 aromatic heterocycles. The van der Waals surface area contributed by atoms with E-state index >= 15 is 0 Å². The molecule has 0 aliphatic carbocycles. The van der Waals surface area contributed by atoms with Gasteiger partial charge < -0.3 is 4.74 Å². The highest BCUT2D eigenvalue weighted by Gasteiger charge is 2.31. The standard InChI is InChI=1S/C10H17N5O3S/c1-10(3-2-4-18-10)7-14-19(16,17)8-5-12-9(15-11)13-6-8/h5-6,14H,2-4,7,11H2,1H3,(H,12,13,15). The number of nitrogens with two attached hydrogens (primary N) is 1. The Labute approximate surface area is 111 Å². The van der Waals surface area contributed by atoms with E-state index in [0.29, 0.717) is 6.61 Å². The SMILES string of the molecule is CC1(CNS(=O)(=O)c2cnc(NN)nc2)CCCO1. The Morgan fingerprint density at radius 3 is 2.68 bits per heavy atom. The average molecular weight is 287 g/mol. The number of sulfonamides is 1. The van der Waals surface area contributed by atoms with Crippen molar-refractivity contribution in [1.82, 2.24) is 14.7 Å². The number of aromatic nitrogens is 2. The lowest BCUT2D eigenvalue weighted by Crippen LogP contribution is -2.40. The van der Waals surface area contributed by atoms with Crippen molar-refractivity contribution in [2.45, 2.75) is 30.3 Å². The maximum absolute atomic E-state index is 12.0. The van der Waals surface area contributed by atoms with Gasteiger partial charge in [-0.2, -0.15) is 0 Å². The molecule has 2 heterocycles. The zero-order valence-corrected chi connectivity index (χ0v) is 11.4. The van der Waals surface area contributed by atoms with Crippen LogP contribution in [0.3, 0.4) is 0 Å². The fourth-order valence-electron chi connectivity index (χ4n) is 1.84. The van der Waals surface area contributed by atoms with Crippen molar-refractivity contribution in [3.05, 3.63) is 12.4 Å². The maximum Gasteiger partial charge on any atom is 0.243 e. The highest BCUT2D eigenvalue weighted by Crippen LogP contribution is 2.24. The van der Waals surface area contributed by atoms with Crippen LogP contribution in [-0.4, -0.2) is 37.1 Å². The molecule has 1 aliphatic rings. The van der Waals surface area contributed by atoms with E-state index in [0.717, 1.165) is 12.8 Å². The van der Waals surface area contributed by atoms with Gasteiger partial charge in [0.15, 0.2) is 0 Å². The van der Waals surface area contributed by atoms with E-state index in [4.69, 9.17) is 10.6 Å². The first-order valence-corrected chi connectivity index (χ1v) is 7.36. The van der Waals surface area contributed by atoms with E-state index in [2.05, 4.69) is 20.1 Å². The lowest BCUT2D eigenvalue weighted by molar-refractivity contribution is 0.0250. The number of hydrogen-bond donors (Lipinski definition) is 3. The lowest BCUT2D eigenvalue weighted by atomic mass is 10.0. The molecular weight excluding hydrogens is 270 g/mol. The number of rotatable bonds is 5. The molecule has 1 fully saturated rings. The van der Waals surface area contributed by atoms with Gasteiger partial charge in [0.1, 0.15) is 4.90 Å². The third-order valence-corrected chi connectivity index (χ3v) is 4.36. The summed E-state index contributed by atoms with van der Waals surface area (Å²) in [5, 5.41) is 0. The first kappa shape index (κ1) is 14.1. The number of hydrazine groups is 1. The quantitative estimate of drug-likeness (QED) is 0.498. The van der Waals surface area contributed by atoms with Crippen molar-refractivity contribution in [3.8, 4) is 0 Å². The molecule has 1 aromatic rings. The summed E-state index contributed by atoms with van der Waals surface area (Å²) in [5.74, 6) is 5.27. The minimum Gasteiger partial charge on any atom is -0.374 e. The Bertz CT molecular complexity index is 525. The Kier molecular flexibility index (Phi) is 3.99. The van der Waals surface area contributed by atoms with Gasteiger partial charge in [-0.1, -0.05) is 0 Å². The van der Waals surface area contributed by atoms with Crippen molar-refractivity contribution in [1.29, 1.82) is 0 Å². The summed E-state index contributed by atoms with van der Waals surface area (Å²) >= 11 is 0. The first-order chi connectivity index (χ1) is 8.95. The molecule has 0 saturated carbocycles. The molecule has 0 aromatic carbocycles. The largest absolute Gasteiger partial charge is 0.374 e. The molecule has 0 amide bonds. The number of nitrogen functional groups attached to an aromatic ring is 1. The molecular formula is C10H17N5O3S. The maximum atomic E-state index is 12.0. The summed E-state index contributed by atoms with van der Waals surface area (Å²) in [4.78, 5) is 7.52. The second kappa shape index (κ2) is 5.37. The molecule has 0 spiro atoms. The molecule has 9 heteroatoms. The van der Waals surface area contributed by atoms with Crippen LogP contribution < -0.4 is 16.0 Å². The summed E-state index contributed by atoms with van der Waals surface area (Å²) in [5.41, 5.74) is 1.79. The normalized spacial score (nSPS) is 23.5.